The Hall–Kier alpha value is 0.720. The molecule has 0 spiro atoms. The van der Waals surface area contributed by atoms with Crippen LogP contribution in [0.3, 0.4) is 0 Å². The van der Waals surface area contributed by atoms with Crippen LogP contribution in [0, 0.1) is 6.08 Å². The normalized spacial score (nSPS) is 13.8. The van der Waals surface area contributed by atoms with Crippen LogP contribution in [-0.4, -0.2) is 6.18 Å². The van der Waals surface area contributed by atoms with Gasteiger partial charge in [-0.05, 0) is 0 Å². The van der Waals surface area contributed by atoms with Crippen LogP contribution < -0.4 is 0 Å². The van der Waals surface area contributed by atoms with Gasteiger partial charge in [0.15, 0.2) is 0 Å². The maximum absolute atomic E-state index is 11.6. The molecule has 0 saturated heterocycles. The number of rotatable bonds is 0. The van der Waals surface area contributed by atoms with Crippen molar-refractivity contribution in [1.82, 2.24) is 0 Å². The summed E-state index contributed by atoms with van der Waals surface area (Å²) in [4.78, 5) is 0. The smallest absolute Gasteiger partial charge is 0.261 e. The van der Waals surface area contributed by atoms with Crippen LogP contribution in [0.5, 0.6) is 0 Å². The van der Waals surface area contributed by atoms with Crippen molar-refractivity contribution >= 4 is 24.8 Å². The Morgan fingerprint density at radius 3 is 1.92 bits per heavy atom. The zero-order valence-corrected chi connectivity index (χ0v) is 11.0. The Bertz CT molecular complexity index is 174. The second-order valence-corrected chi connectivity index (χ2v) is 1.69. The fraction of sp³-hybridized carbons (Fsp3) is 0.333. The minimum Gasteiger partial charge on any atom is -0.261 e. The average Bonchev–Trinajstić information content (AvgIpc) is 2.08. The van der Waals surface area contributed by atoms with E-state index in [0.29, 0.717) is 0 Å². The molecule has 0 aromatic carbocycles. The number of alkyl halides is 3. The second kappa shape index (κ2) is 7.16. The van der Waals surface area contributed by atoms with Crippen molar-refractivity contribution in [2.24, 2.45) is 0 Å². The van der Waals surface area contributed by atoms with Gasteiger partial charge in [-0.2, -0.15) is 19.2 Å². The van der Waals surface area contributed by atoms with E-state index in [9.17, 15) is 13.2 Å². The Morgan fingerprint density at radius 1 is 1.25 bits per heavy atom. The van der Waals surface area contributed by atoms with E-state index in [1.807, 2.05) is 0 Å². The summed E-state index contributed by atoms with van der Waals surface area (Å²) in [6, 6.07) is 0. The molecule has 0 N–H and O–H groups in total. The first kappa shape index (κ1) is 18.5. The summed E-state index contributed by atoms with van der Waals surface area (Å²) in [6.45, 7) is 0. The molecule has 0 heterocycles. The molecule has 0 aromatic heterocycles. The van der Waals surface area contributed by atoms with Crippen LogP contribution >= 0.6 is 24.8 Å². The average molecular weight is 385 g/mol. The maximum Gasteiger partial charge on any atom is 0.384 e. The molecule has 0 amide bonds. The summed E-state index contributed by atoms with van der Waals surface area (Å²) in [5.74, 6) is 0. The van der Waals surface area contributed by atoms with Gasteiger partial charge >= 0.3 is 6.18 Å². The van der Waals surface area contributed by atoms with Crippen molar-refractivity contribution in [2.75, 3.05) is 0 Å². The van der Waals surface area contributed by atoms with E-state index in [1.165, 1.54) is 6.08 Å². The van der Waals surface area contributed by atoms with E-state index in [2.05, 4.69) is 6.08 Å². The molecule has 0 bridgehead atoms. The molecular weight excluding hydrogens is 378 g/mol. The monoisotopic (exact) mass is 385 g/mol. The third-order valence-corrected chi connectivity index (χ3v) is 1.00. The first-order chi connectivity index (χ1) is 4.11. The fourth-order valence-electron chi connectivity index (χ4n) is 0.599. The van der Waals surface area contributed by atoms with E-state index < -0.39 is 11.7 Å². The Balaban J connectivity index is -0.000000270. The first-order valence-corrected chi connectivity index (χ1v) is 2.45. The van der Waals surface area contributed by atoms with Gasteiger partial charge in [0.05, 0.1) is 0 Å². The third kappa shape index (κ3) is 5.38. The van der Waals surface area contributed by atoms with Gasteiger partial charge in [0.1, 0.15) is 0 Å². The van der Waals surface area contributed by atoms with Gasteiger partial charge in [-0.15, -0.1) is 36.8 Å². The van der Waals surface area contributed by atoms with E-state index in [1.54, 1.807) is 0 Å². The summed E-state index contributed by atoms with van der Waals surface area (Å²) < 4.78 is 34.8. The molecule has 1 rings (SSSR count). The molecule has 1 aliphatic rings. The molecule has 70 valence electrons. The zero-order chi connectivity index (χ0) is 6.91. The van der Waals surface area contributed by atoms with Crippen molar-refractivity contribution in [3.63, 3.8) is 0 Å². The zero-order valence-electron chi connectivity index (χ0n) is 5.81. The predicted octanol–water partition coefficient (Wildman–Crippen LogP) is 3.08. The predicted molar refractivity (Wildman–Crippen MR) is 41.1 cm³/mol. The quantitative estimate of drug-likeness (QED) is 0.445. The standard InChI is InChI=1S/C6H4F3.2ClH.Hf/c7-6(8,9)5-3-1-2-4-5;;;/h1,3H,2H2;2*1H;/q-1;;;. The van der Waals surface area contributed by atoms with Gasteiger partial charge in [0, 0.05) is 25.8 Å². The third-order valence-electron chi connectivity index (χ3n) is 1.00. The molecule has 6 heteroatoms. The minimum atomic E-state index is -4.20. The molecule has 0 aliphatic heterocycles. The summed E-state index contributed by atoms with van der Waals surface area (Å²) in [7, 11) is 0. The molecule has 0 radical (unpaired) electrons. The molecule has 0 atom stereocenters. The largest absolute Gasteiger partial charge is 0.384 e. The van der Waals surface area contributed by atoms with E-state index >= 15 is 0 Å². The molecule has 1 aliphatic carbocycles. The van der Waals surface area contributed by atoms with Crippen molar-refractivity contribution in [3.05, 3.63) is 23.8 Å². The molecule has 0 unspecified atom stereocenters. The summed E-state index contributed by atoms with van der Waals surface area (Å²) >= 11 is 0. The van der Waals surface area contributed by atoms with Crippen LogP contribution in [0.4, 0.5) is 13.2 Å². The summed E-state index contributed by atoms with van der Waals surface area (Å²) in [5.41, 5.74) is -0.650. The van der Waals surface area contributed by atoms with Crippen LogP contribution in [0.15, 0.2) is 17.7 Å². The summed E-state index contributed by atoms with van der Waals surface area (Å²) in [5, 5.41) is 0. The fourth-order valence-corrected chi connectivity index (χ4v) is 0.599. The van der Waals surface area contributed by atoms with Gasteiger partial charge in [0.25, 0.3) is 0 Å². The van der Waals surface area contributed by atoms with Crippen LogP contribution in [0.1, 0.15) is 6.42 Å². The Labute approximate surface area is 99.9 Å². The number of hydrogen-bond acceptors (Lipinski definition) is 0. The second-order valence-electron chi connectivity index (χ2n) is 1.69. The molecule has 0 aromatic rings. The minimum absolute atomic E-state index is 0. The van der Waals surface area contributed by atoms with E-state index in [-0.39, 0.29) is 57.1 Å². The van der Waals surface area contributed by atoms with Crippen molar-refractivity contribution in [2.45, 2.75) is 12.6 Å². The van der Waals surface area contributed by atoms with Crippen LogP contribution in [0.2, 0.25) is 0 Å². The van der Waals surface area contributed by atoms with Crippen LogP contribution in [-0.2, 0) is 25.8 Å². The Kier molecular flexibility index (Phi) is 11.0. The van der Waals surface area contributed by atoms with Gasteiger partial charge in [-0.3, -0.25) is 6.08 Å². The van der Waals surface area contributed by atoms with Crippen molar-refractivity contribution in [3.8, 4) is 0 Å². The molecule has 12 heavy (non-hydrogen) atoms. The first-order valence-electron chi connectivity index (χ1n) is 2.45. The van der Waals surface area contributed by atoms with Gasteiger partial charge < -0.3 is 0 Å². The van der Waals surface area contributed by atoms with Crippen molar-refractivity contribution < 1.29 is 39.0 Å². The number of hydrogen-bond donors (Lipinski definition) is 0. The molecular formula is C6H6Cl2F3Hf-. The van der Waals surface area contributed by atoms with Gasteiger partial charge in [0.2, 0.25) is 0 Å². The number of halogens is 5. The molecule has 0 saturated carbocycles. The van der Waals surface area contributed by atoms with E-state index in [4.69, 9.17) is 0 Å². The topological polar surface area (TPSA) is 0 Å². The number of allylic oxidation sites excluding steroid dienone is 4. The summed E-state index contributed by atoms with van der Waals surface area (Å²) in [6.07, 6.45) is 0.737. The SMILES string of the molecule is Cl.Cl.FC(F)(F)C1=[C-]CC=C1.[Hf]. The van der Waals surface area contributed by atoms with E-state index in [0.717, 1.165) is 6.08 Å². The molecule has 0 fully saturated rings. The molecule has 0 nitrogen and oxygen atoms in total. The Morgan fingerprint density at radius 2 is 1.75 bits per heavy atom. The van der Waals surface area contributed by atoms with Crippen LogP contribution in [0.25, 0.3) is 0 Å². The van der Waals surface area contributed by atoms with Crippen molar-refractivity contribution in [1.29, 1.82) is 0 Å². The van der Waals surface area contributed by atoms with Gasteiger partial charge in [-0.25, -0.2) is 6.08 Å². The van der Waals surface area contributed by atoms with Gasteiger partial charge in [-0.1, -0.05) is 0 Å². The maximum atomic E-state index is 11.6.